The molecule has 0 atom stereocenters. The second kappa shape index (κ2) is 7.91. The van der Waals surface area contributed by atoms with Gasteiger partial charge in [-0.2, -0.15) is 13.2 Å². The first-order valence-electron chi connectivity index (χ1n) is 7.94. The number of hydrogen-bond donors (Lipinski definition) is 3. The van der Waals surface area contributed by atoms with Gasteiger partial charge in [-0.15, -0.1) is 0 Å². The minimum atomic E-state index is -4.26. The summed E-state index contributed by atoms with van der Waals surface area (Å²) in [5.41, 5.74) is -2.03. The number of benzene rings is 2. The molecule has 0 saturated carbocycles. The lowest BCUT2D eigenvalue weighted by Gasteiger charge is -2.09. The third-order valence-corrected chi connectivity index (χ3v) is 4.47. The van der Waals surface area contributed by atoms with Crippen LogP contribution in [-0.2, 0) is 6.42 Å². The highest BCUT2D eigenvalue weighted by Gasteiger charge is 2.27. The van der Waals surface area contributed by atoms with Crippen molar-refractivity contribution >= 4 is 40.1 Å². The smallest absolute Gasteiger partial charge is 0.359 e. The van der Waals surface area contributed by atoms with Gasteiger partial charge in [0, 0.05) is 28.5 Å². The Kier molecular flexibility index (Phi) is 5.59. The summed E-state index contributed by atoms with van der Waals surface area (Å²) < 4.78 is 50.0. The predicted octanol–water partition coefficient (Wildman–Crippen LogP) is 5.75. The van der Waals surface area contributed by atoms with E-state index in [0.29, 0.717) is 27.8 Å². The number of carbonyl (C=O) groups excluding carboxylic acids is 1. The Morgan fingerprint density at radius 2 is 1.93 bits per heavy atom. The van der Waals surface area contributed by atoms with Gasteiger partial charge in [-0.05, 0) is 42.3 Å². The molecule has 0 spiro atoms. The van der Waals surface area contributed by atoms with Crippen LogP contribution in [-0.4, -0.2) is 22.3 Å². The van der Waals surface area contributed by atoms with Gasteiger partial charge in [-0.3, -0.25) is 0 Å². The summed E-state index contributed by atoms with van der Waals surface area (Å²) in [6.07, 6.45) is 1.78. The summed E-state index contributed by atoms with van der Waals surface area (Å²) in [5.74, 6) is -0.518. The number of alkyl halides is 3. The van der Waals surface area contributed by atoms with Crippen LogP contribution in [0, 0.1) is 5.82 Å². The predicted molar refractivity (Wildman–Crippen MR) is 99.6 cm³/mol. The summed E-state index contributed by atoms with van der Waals surface area (Å²) in [4.78, 5) is 15.1. The molecule has 142 valence electrons. The number of aromatic nitrogens is 1. The van der Waals surface area contributed by atoms with Gasteiger partial charge in [0.1, 0.15) is 5.82 Å². The molecule has 3 rings (SSSR count). The molecule has 27 heavy (non-hydrogen) atoms. The first-order valence-corrected chi connectivity index (χ1v) is 8.93. The second-order valence-corrected chi connectivity index (χ2v) is 6.88. The van der Waals surface area contributed by atoms with E-state index in [1.807, 2.05) is 0 Å². The highest BCUT2D eigenvalue weighted by Crippen LogP contribution is 2.30. The molecule has 1 aromatic heterocycles. The van der Waals surface area contributed by atoms with E-state index in [0.717, 1.165) is 0 Å². The standard InChI is InChI=1S/C18H15F4N3OS/c19-12-4-5-15-14(9-12)16(10-23-15)25-17(26)24-13-3-1-2-11(8-13)6-7-27-18(20,21)22/h1-5,8-10,23H,6-7H2,(H2,24,25,26). The topological polar surface area (TPSA) is 56.9 Å². The van der Waals surface area contributed by atoms with Crippen molar-refractivity contribution in [3.8, 4) is 0 Å². The number of thioether (sulfide) groups is 1. The van der Waals surface area contributed by atoms with Crippen molar-refractivity contribution in [2.45, 2.75) is 11.9 Å². The van der Waals surface area contributed by atoms with Crippen molar-refractivity contribution in [2.75, 3.05) is 16.4 Å². The Labute approximate surface area is 156 Å². The summed E-state index contributed by atoms with van der Waals surface area (Å²) in [6, 6.07) is 10.2. The number of H-pyrrole nitrogens is 1. The summed E-state index contributed by atoms with van der Waals surface area (Å²) in [6.45, 7) is 0. The molecular weight excluding hydrogens is 382 g/mol. The van der Waals surface area contributed by atoms with Gasteiger partial charge in [0.15, 0.2) is 0 Å². The zero-order valence-electron chi connectivity index (χ0n) is 13.9. The summed E-state index contributed by atoms with van der Waals surface area (Å²) >= 11 is -0.0806. The van der Waals surface area contributed by atoms with Crippen molar-refractivity contribution < 1.29 is 22.4 Å². The van der Waals surface area contributed by atoms with Crippen LogP contribution in [0.15, 0.2) is 48.7 Å². The SMILES string of the molecule is O=C(Nc1cccc(CCSC(F)(F)F)c1)Nc1c[nH]c2ccc(F)cc12. The average molecular weight is 397 g/mol. The fraction of sp³-hybridized carbons (Fsp3) is 0.167. The molecule has 9 heteroatoms. The molecule has 3 N–H and O–H groups in total. The normalized spacial score (nSPS) is 11.6. The molecule has 2 aromatic carbocycles. The molecule has 2 amide bonds. The number of urea groups is 1. The van der Waals surface area contributed by atoms with Gasteiger partial charge in [0.25, 0.3) is 0 Å². The fourth-order valence-corrected chi connectivity index (χ4v) is 3.14. The quantitative estimate of drug-likeness (QED) is 0.481. The minimum Gasteiger partial charge on any atom is -0.359 e. The number of anilines is 2. The molecule has 3 aromatic rings. The third kappa shape index (κ3) is 5.40. The van der Waals surface area contributed by atoms with Crippen LogP contribution < -0.4 is 10.6 Å². The molecular formula is C18H15F4N3OS. The summed E-state index contributed by atoms with van der Waals surface area (Å²) in [5, 5.41) is 5.77. The molecule has 0 saturated heterocycles. The Bertz CT molecular complexity index is 955. The lowest BCUT2D eigenvalue weighted by molar-refractivity contribution is -0.0327. The maximum Gasteiger partial charge on any atom is 0.441 e. The molecule has 4 nitrogen and oxygen atoms in total. The third-order valence-electron chi connectivity index (χ3n) is 3.73. The monoisotopic (exact) mass is 397 g/mol. The van der Waals surface area contributed by atoms with Gasteiger partial charge in [0.2, 0.25) is 0 Å². The van der Waals surface area contributed by atoms with Crippen molar-refractivity contribution in [3.05, 3.63) is 60.0 Å². The highest BCUT2D eigenvalue weighted by molar-refractivity contribution is 8.00. The van der Waals surface area contributed by atoms with Crippen LogP contribution in [0.5, 0.6) is 0 Å². The fourth-order valence-electron chi connectivity index (χ4n) is 2.57. The lowest BCUT2D eigenvalue weighted by Crippen LogP contribution is -2.19. The van der Waals surface area contributed by atoms with E-state index in [1.54, 1.807) is 36.5 Å². The summed E-state index contributed by atoms with van der Waals surface area (Å²) in [7, 11) is 0. The number of carbonyl (C=O) groups is 1. The zero-order chi connectivity index (χ0) is 19.4. The van der Waals surface area contributed by atoms with Crippen molar-refractivity contribution in [2.24, 2.45) is 0 Å². The van der Waals surface area contributed by atoms with Crippen LogP contribution in [0.1, 0.15) is 5.56 Å². The van der Waals surface area contributed by atoms with E-state index in [-0.39, 0.29) is 23.9 Å². The Balaban J connectivity index is 1.62. The van der Waals surface area contributed by atoms with Crippen LogP contribution in [0.4, 0.5) is 33.7 Å². The van der Waals surface area contributed by atoms with Gasteiger partial charge < -0.3 is 15.6 Å². The van der Waals surface area contributed by atoms with E-state index < -0.39 is 17.4 Å². The Hall–Kier alpha value is -2.68. The van der Waals surface area contributed by atoms with Gasteiger partial charge in [-0.1, -0.05) is 23.9 Å². The van der Waals surface area contributed by atoms with Gasteiger partial charge in [0.05, 0.1) is 5.69 Å². The van der Waals surface area contributed by atoms with E-state index >= 15 is 0 Å². The van der Waals surface area contributed by atoms with Crippen LogP contribution >= 0.6 is 11.8 Å². The average Bonchev–Trinajstić information content (AvgIpc) is 2.96. The Morgan fingerprint density at radius 3 is 2.70 bits per heavy atom. The molecule has 0 fully saturated rings. The Morgan fingerprint density at radius 1 is 1.11 bits per heavy atom. The van der Waals surface area contributed by atoms with Gasteiger partial charge in [-0.25, -0.2) is 9.18 Å². The number of aryl methyl sites for hydroxylation is 1. The first kappa shape index (κ1) is 19.1. The molecule has 0 radical (unpaired) electrons. The van der Waals surface area contributed by atoms with E-state index in [4.69, 9.17) is 0 Å². The molecule has 1 heterocycles. The van der Waals surface area contributed by atoms with E-state index in [1.165, 1.54) is 12.1 Å². The molecule has 0 aliphatic rings. The maximum atomic E-state index is 13.4. The van der Waals surface area contributed by atoms with Crippen LogP contribution in [0.3, 0.4) is 0 Å². The highest BCUT2D eigenvalue weighted by atomic mass is 32.2. The number of fused-ring (bicyclic) bond motifs is 1. The number of aromatic amines is 1. The van der Waals surface area contributed by atoms with E-state index in [2.05, 4.69) is 15.6 Å². The first-order chi connectivity index (χ1) is 12.8. The molecule has 0 unspecified atom stereocenters. The lowest BCUT2D eigenvalue weighted by atomic mass is 10.1. The van der Waals surface area contributed by atoms with E-state index in [9.17, 15) is 22.4 Å². The van der Waals surface area contributed by atoms with Crippen molar-refractivity contribution in [3.63, 3.8) is 0 Å². The molecule has 0 aliphatic heterocycles. The second-order valence-electron chi connectivity index (χ2n) is 5.72. The molecule has 0 bridgehead atoms. The van der Waals surface area contributed by atoms with Gasteiger partial charge >= 0.3 is 11.5 Å². The largest absolute Gasteiger partial charge is 0.441 e. The zero-order valence-corrected chi connectivity index (χ0v) is 14.7. The molecule has 0 aliphatic carbocycles. The van der Waals surface area contributed by atoms with Crippen molar-refractivity contribution in [1.29, 1.82) is 0 Å². The van der Waals surface area contributed by atoms with Crippen molar-refractivity contribution in [1.82, 2.24) is 4.98 Å². The number of amides is 2. The number of hydrogen-bond acceptors (Lipinski definition) is 2. The number of rotatable bonds is 5. The van der Waals surface area contributed by atoms with Crippen LogP contribution in [0.2, 0.25) is 0 Å². The number of nitrogens with one attached hydrogen (secondary N) is 3. The minimum absolute atomic E-state index is 0.0806. The maximum absolute atomic E-state index is 13.4. The van der Waals surface area contributed by atoms with Crippen LogP contribution in [0.25, 0.3) is 10.9 Å². The number of halogens is 4.